The van der Waals surface area contributed by atoms with Crippen molar-refractivity contribution in [2.45, 2.75) is 10.9 Å². The average molecular weight is 301 g/mol. The van der Waals surface area contributed by atoms with Crippen LogP contribution in [0, 0.1) is 0 Å². The van der Waals surface area contributed by atoms with Gasteiger partial charge in [-0.1, -0.05) is 17.8 Å². The number of phenolic OH excluding ortho intramolecular Hbond substituents is 1. The van der Waals surface area contributed by atoms with Gasteiger partial charge in [0.05, 0.1) is 23.8 Å². The highest BCUT2D eigenvalue weighted by molar-refractivity contribution is 7.98. The molecule has 0 aliphatic rings. The number of H-pyrrole nitrogens is 1. The second-order valence-corrected chi connectivity index (χ2v) is 5.57. The van der Waals surface area contributed by atoms with Gasteiger partial charge >= 0.3 is 0 Å². The lowest BCUT2D eigenvalue weighted by Crippen LogP contribution is -1.88. The predicted molar refractivity (Wildman–Crippen MR) is 84.7 cm³/mol. The number of nitrogens with one attached hydrogen (secondary N) is 1. The molecule has 0 fully saturated rings. The minimum Gasteiger partial charge on any atom is -0.506 e. The molecule has 2 aromatic carbocycles. The number of rotatable bonds is 4. The lowest BCUT2D eigenvalue weighted by molar-refractivity contribution is 0.415. The van der Waals surface area contributed by atoms with Crippen molar-refractivity contribution in [3.8, 4) is 11.5 Å². The summed E-state index contributed by atoms with van der Waals surface area (Å²) < 4.78 is 5.19. The number of anilines is 1. The standard InChI is InChI=1S/C15H15N3O2S/c1-20-10-3-4-12-13(7-10)18-15(17-12)21-8-9-2-5-14(19)11(16)6-9/h2-7,19H,8,16H2,1H3,(H,17,18). The van der Waals surface area contributed by atoms with Gasteiger partial charge in [0.15, 0.2) is 5.16 Å². The van der Waals surface area contributed by atoms with Gasteiger partial charge < -0.3 is 20.6 Å². The maximum atomic E-state index is 9.41. The number of methoxy groups -OCH3 is 1. The Morgan fingerprint density at radius 3 is 2.90 bits per heavy atom. The highest BCUT2D eigenvalue weighted by Crippen LogP contribution is 2.27. The van der Waals surface area contributed by atoms with Gasteiger partial charge in [-0.05, 0) is 29.8 Å². The number of nitrogens with two attached hydrogens (primary N) is 1. The highest BCUT2D eigenvalue weighted by atomic mass is 32.2. The fourth-order valence-corrected chi connectivity index (χ4v) is 2.83. The van der Waals surface area contributed by atoms with E-state index in [2.05, 4.69) is 9.97 Å². The number of imidazole rings is 1. The summed E-state index contributed by atoms with van der Waals surface area (Å²) in [6.07, 6.45) is 0. The van der Waals surface area contributed by atoms with E-state index in [0.29, 0.717) is 5.69 Å². The van der Waals surface area contributed by atoms with Crippen LogP contribution in [0.5, 0.6) is 11.5 Å². The van der Waals surface area contributed by atoms with Crippen molar-refractivity contribution in [2.24, 2.45) is 0 Å². The van der Waals surface area contributed by atoms with Crippen LogP contribution in [0.15, 0.2) is 41.6 Å². The molecule has 5 nitrogen and oxygen atoms in total. The Balaban J connectivity index is 1.76. The van der Waals surface area contributed by atoms with Gasteiger partial charge in [-0.3, -0.25) is 0 Å². The number of aromatic amines is 1. The van der Waals surface area contributed by atoms with E-state index in [0.717, 1.165) is 33.3 Å². The number of hydrogen-bond donors (Lipinski definition) is 3. The van der Waals surface area contributed by atoms with E-state index in [4.69, 9.17) is 10.5 Å². The Hall–Kier alpha value is -2.34. The first-order valence-corrected chi connectivity index (χ1v) is 7.38. The summed E-state index contributed by atoms with van der Waals surface area (Å²) in [6.45, 7) is 0. The van der Waals surface area contributed by atoms with E-state index in [1.165, 1.54) is 0 Å². The summed E-state index contributed by atoms with van der Waals surface area (Å²) in [4.78, 5) is 7.77. The van der Waals surface area contributed by atoms with Crippen molar-refractivity contribution in [1.29, 1.82) is 0 Å². The molecule has 0 atom stereocenters. The zero-order valence-electron chi connectivity index (χ0n) is 11.5. The fourth-order valence-electron chi connectivity index (χ4n) is 2.01. The third-order valence-corrected chi connectivity index (χ3v) is 4.08. The van der Waals surface area contributed by atoms with Gasteiger partial charge in [0.1, 0.15) is 11.5 Å². The van der Waals surface area contributed by atoms with Gasteiger partial charge in [0.2, 0.25) is 0 Å². The number of fused-ring (bicyclic) bond motifs is 1. The third kappa shape index (κ3) is 2.90. The molecule has 1 heterocycles. The first-order chi connectivity index (χ1) is 10.2. The average Bonchev–Trinajstić information content (AvgIpc) is 2.90. The van der Waals surface area contributed by atoms with Crippen LogP contribution in [-0.4, -0.2) is 22.2 Å². The number of aromatic hydroxyl groups is 1. The van der Waals surface area contributed by atoms with E-state index in [9.17, 15) is 5.11 Å². The molecule has 0 amide bonds. The summed E-state index contributed by atoms with van der Waals surface area (Å²) >= 11 is 1.58. The largest absolute Gasteiger partial charge is 0.506 e. The van der Waals surface area contributed by atoms with Crippen molar-refractivity contribution >= 4 is 28.5 Å². The predicted octanol–water partition coefficient (Wildman–Crippen LogP) is 3.15. The first-order valence-electron chi connectivity index (χ1n) is 6.39. The summed E-state index contributed by atoms with van der Waals surface area (Å²) in [7, 11) is 1.64. The molecule has 0 bridgehead atoms. The number of nitrogen functional groups attached to an aromatic ring is 1. The zero-order valence-corrected chi connectivity index (χ0v) is 12.3. The van der Waals surface area contributed by atoms with Crippen molar-refractivity contribution < 1.29 is 9.84 Å². The summed E-state index contributed by atoms with van der Waals surface area (Å²) in [5.74, 6) is 1.63. The van der Waals surface area contributed by atoms with E-state index in [1.807, 2.05) is 24.3 Å². The van der Waals surface area contributed by atoms with Crippen LogP contribution in [0.2, 0.25) is 0 Å². The summed E-state index contributed by atoms with van der Waals surface area (Å²) in [6, 6.07) is 11.0. The summed E-state index contributed by atoms with van der Waals surface area (Å²) in [5, 5.41) is 10.2. The number of aromatic nitrogens is 2. The van der Waals surface area contributed by atoms with Crippen LogP contribution in [0.25, 0.3) is 11.0 Å². The zero-order chi connectivity index (χ0) is 14.8. The molecule has 0 spiro atoms. The van der Waals surface area contributed by atoms with E-state index in [-0.39, 0.29) is 5.75 Å². The Morgan fingerprint density at radius 1 is 1.29 bits per heavy atom. The fraction of sp³-hybridized carbons (Fsp3) is 0.133. The molecule has 0 aliphatic heterocycles. The lowest BCUT2D eigenvalue weighted by Gasteiger charge is -2.02. The van der Waals surface area contributed by atoms with Gasteiger partial charge in [0.25, 0.3) is 0 Å². The van der Waals surface area contributed by atoms with Gasteiger partial charge in [-0.25, -0.2) is 4.98 Å². The second kappa shape index (κ2) is 5.57. The SMILES string of the molecule is COc1ccc2nc(SCc3ccc(O)c(N)c3)[nH]c2c1. The molecular weight excluding hydrogens is 286 g/mol. The Labute approximate surface area is 126 Å². The first kappa shape index (κ1) is 13.6. The quantitative estimate of drug-likeness (QED) is 0.391. The molecule has 0 unspecified atom stereocenters. The number of hydrogen-bond acceptors (Lipinski definition) is 5. The van der Waals surface area contributed by atoms with E-state index < -0.39 is 0 Å². The third-order valence-electron chi connectivity index (χ3n) is 3.13. The maximum Gasteiger partial charge on any atom is 0.166 e. The molecular formula is C15H15N3O2S. The molecule has 0 saturated heterocycles. The maximum absolute atomic E-state index is 9.41. The molecule has 4 N–H and O–H groups in total. The highest BCUT2D eigenvalue weighted by Gasteiger charge is 2.06. The number of benzene rings is 2. The van der Waals surface area contributed by atoms with Crippen LogP contribution < -0.4 is 10.5 Å². The molecule has 6 heteroatoms. The molecule has 3 aromatic rings. The number of thioether (sulfide) groups is 1. The van der Waals surface area contributed by atoms with Gasteiger partial charge in [0, 0.05) is 11.8 Å². The van der Waals surface area contributed by atoms with Crippen LogP contribution >= 0.6 is 11.8 Å². The monoisotopic (exact) mass is 301 g/mol. The molecule has 21 heavy (non-hydrogen) atoms. The van der Waals surface area contributed by atoms with Crippen molar-refractivity contribution in [3.63, 3.8) is 0 Å². The second-order valence-electron chi connectivity index (χ2n) is 4.61. The Morgan fingerprint density at radius 2 is 2.14 bits per heavy atom. The van der Waals surface area contributed by atoms with Crippen molar-refractivity contribution in [3.05, 3.63) is 42.0 Å². The van der Waals surface area contributed by atoms with Crippen molar-refractivity contribution in [1.82, 2.24) is 9.97 Å². The molecule has 0 radical (unpaired) electrons. The number of phenols is 1. The van der Waals surface area contributed by atoms with Crippen molar-refractivity contribution in [2.75, 3.05) is 12.8 Å². The Kier molecular flexibility index (Phi) is 3.62. The summed E-state index contributed by atoms with van der Waals surface area (Å²) in [5.41, 5.74) is 8.97. The van der Waals surface area contributed by atoms with Crippen LogP contribution in [0.1, 0.15) is 5.56 Å². The normalized spacial score (nSPS) is 10.9. The van der Waals surface area contributed by atoms with E-state index >= 15 is 0 Å². The molecule has 0 saturated carbocycles. The van der Waals surface area contributed by atoms with Gasteiger partial charge in [-0.15, -0.1) is 0 Å². The topological polar surface area (TPSA) is 84.2 Å². The van der Waals surface area contributed by atoms with E-state index in [1.54, 1.807) is 31.0 Å². The molecule has 0 aliphatic carbocycles. The molecule has 3 rings (SSSR count). The van der Waals surface area contributed by atoms with Crippen LogP contribution in [0.4, 0.5) is 5.69 Å². The lowest BCUT2D eigenvalue weighted by atomic mass is 10.2. The number of nitrogens with zero attached hydrogens (tertiary/aromatic N) is 1. The van der Waals surface area contributed by atoms with Crippen LogP contribution in [-0.2, 0) is 5.75 Å². The Bertz CT molecular complexity index is 786. The van der Waals surface area contributed by atoms with Crippen LogP contribution in [0.3, 0.4) is 0 Å². The van der Waals surface area contributed by atoms with Gasteiger partial charge in [-0.2, -0.15) is 0 Å². The minimum absolute atomic E-state index is 0.111. The number of ether oxygens (including phenoxy) is 1. The minimum atomic E-state index is 0.111. The molecule has 1 aromatic heterocycles. The smallest absolute Gasteiger partial charge is 0.166 e. The molecule has 108 valence electrons.